The van der Waals surface area contributed by atoms with E-state index in [1.807, 2.05) is 18.2 Å². The Hall–Kier alpha value is -4.34. The van der Waals surface area contributed by atoms with Gasteiger partial charge in [0.25, 0.3) is 0 Å². The molecule has 2 N–H and O–H groups in total. The third-order valence-corrected chi connectivity index (χ3v) is 5.81. The number of nitrogens with two attached hydrogens (primary N) is 1. The second-order valence-electron chi connectivity index (χ2n) is 8.04. The first kappa shape index (κ1) is 21.5. The number of para-hydroxylation sites is 5. The number of hydrogen-bond acceptors (Lipinski definition) is 3. The van der Waals surface area contributed by atoms with Crippen LogP contribution in [0, 0.1) is 0 Å². The third-order valence-electron chi connectivity index (χ3n) is 5.81. The van der Waals surface area contributed by atoms with Crippen LogP contribution in [-0.2, 0) is 6.54 Å². The molecule has 3 nitrogen and oxygen atoms in total. The summed E-state index contributed by atoms with van der Waals surface area (Å²) in [6.07, 6.45) is 0. The molecule has 0 fully saturated rings. The summed E-state index contributed by atoms with van der Waals surface area (Å²) in [5, 5.41) is 0. The van der Waals surface area contributed by atoms with E-state index < -0.39 is 0 Å². The molecule has 0 amide bonds. The fourth-order valence-electron chi connectivity index (χ4n) is 4.25. The monoisotopic (exact) mass is 441 g/mol. The van der Waals surface area contributed by atoms with Crippen LogP contribution in [0.1, 0.15) is 5.56 Å². The highest BCUT2D eigenvalue weighted by molar-refractivity contribution is 5.91. The minimum atomic E-state index is 0.498. The van der Waals surface area contributed by atoms with E-state index in [0.717, 1.165) is 39.7 Å². The maximum atomic E-state index is 6.00. The first-order valence-electron chi connectivity index (χ1n) is 11.5. The maximum absolute atomic E-state index is 6.00. The van der Waals surface area contributed by atoms with Gasteiger partial charge in [0.1, 0.15) is 0 Å². The molecule has 0 radical (unpaired) electrons. The lowest BCUT2D eigenvalue weighted by atomic mass is 10.1. The zero-order valence-corrected chi connectivity index (χ0v) is 19.0. The van der Waals surface area contributed by atoms with Crippen molar-refractivity contribution in [3.63, 3.8) is 0 Å². The molecule has 0 saturated carbocycles. The molecule has 0 aliphatic carbocycles. The molecule has 0 aliphatic heterocycles. The largest absolute Gasteiger partial charge is 0.326 e. The number of anilines is 6. The van der Waals surface area contributed by atoms with Gasteiger partial charge in [-0.15, -0.1) is 0 Å². The molecule has 166 valence electrons. The Morgan fingerprint density at radius 1 is 0.412 bits per heavy atom. The number of nitrogens with zero attached hydrogens (tertiary/aromatic N) is 2. The van der Waals surface area contributed by atoms with E-state index >= 15 is 0 Å². The molecule has 0 saturated heterocycles. The zero-order chi connectivity index (χ0) is 23.2. The fraction of sp³-hybridized carbons (Fsp3) is 0.0323. The molecule has 34 heavy (non-hydrogen) atoms. The summed E-state index contributed by atoms with van der Waals surface area (Å²) in [7, 11) is 0. The third kappa shape index (κ3) is 4.42. The van der Waals surface area contributed by atoms with Gasteiger partial charge in [-0.3, -0.25) is 0 Å². The standard InChI is InChI=1S/C31H27N3/c32-24-25-13-12-20-29(23-25)34(28-18-8-3-9-19-28)31-22-11-10-21-30(31)33(26-14-4-1-5-15-26)27-16-6-2-7-17-27/h1-23H,24,32H2. The van der Waals surface area contributed by atoms with E-state index in [1.54, 1.807) is 0 Å². The summed E-state index contributed by atoms with van der Waals surface area (Å²) in [6.45, 7) is 0.498. The number of benzene rings is 5. The van der Waals surface area contributed by atoms with Crippen LogP contribution in [0.4, 0.5) is 34.1 Å². The molecule has 0 aliphatic rings. The summed E-state index contributed by atoms with van der Waals surface area (Å²) in [4.78, 5) is 4.60. The summed E-state index contributed by atoms with van der Waals surface area (Å²) in [6, 6.07) is 48.4. The SMILES string of the molecule is NCc1cccc(N(c2ccccc2)c2ccccc2N(c2ccccc2)c2ccccc2)c1. The molecular formula is C31H27N3. The smallest absolute Gasteiger partial charge is 0.0702 e. The Labute approximate surface area is 201 Å². The quantitative estimate of drug-likeness (QED) is 0.277. The highest BCUT2D eigenvalue weighted by Crippen LogP contribution is 2.45. The second kappa shape index (κ2) is 10.1. The van der Waals surface area contributed by atoms with Crippen LogP contribution in [0.15, 0.2) is 140 Å². The molecule has 0 atom stereocenters. The Balaban J connectivity index is 1.75. The molecule has 0 unspecified atom stereocenters. The van der Waals surface area contributed by atoms with Gasteiger partial charge in [0, 0.05) is 29.3 Å². The highest BCUT2D eigenvalue weighted by atomic mass is 15.2. The second-order valence-corrected chi connectivity index (χ2v) is 8.04. The van der Waals surface area contributed by atoms with Gasteiger partial charge in [-0.25, -0.2) is 0 Å². The van der Waals surface area contributed by atoms with Crippen LogP contribution in [0.25, 0.3) is 0 Å². The lowest BCUT2D eigenvalue weighted by molar-refractivity contribution is 1.07. The Morgan fingerprint density at radius 2 is 0.794 bits per heavy atom. The molecule has 5 aromatic carbocycles. The van der Waals surface area contributed by atoms with Gasteiger partial charge in [-0.1, -0.05) is 78.9 Å². The van der Waals surface area contributed by atoms with Gasteiger partial charge in [-0.2, -0.15) is 0 Å². The average Bonchev–Trinajstić information content (AvgIpc) is 2.92. The van der Waals surface area contributed by atoms with Crippen LogP contribution in [0.3, 0.4) is 0 Å². The minimum Gasteiger partial charge on any atom is -0.326 e. The van der Waals surface area contributed by atoms with E-state index in [0.29, 0.717) is 6.54 Å². The first-order chi connectivity index (χ1) is 16.8. The minimum absolute atomic E-state index is 0.498. The predicted octanol–water partition coefficient (Wildman–Crippen LogP) is 8.08. The Morgan fingerprint density at radius 3 is 1.24 bits per heavy atom. The highest BCUT2D eigenvalue weighted by Gasteiger charge is 2.21. The van der Waals surface area contributed by atoms with Crippen molar-refractivity contribution in [2.45, 2.75) is 6.54 Å². The van der Waals surface area contributed by atoms with Gasteiger partial charge < -0.3 is 15.5 Å². The van der Waals surface area contributed by atoms with Gasteiger partial charge in [-0.05, 0) is 66.2 Å². The van der Waals surface area contributed by atoms with Crippen molar-refractivity contribution in [3.8, 4) is 0 Å². The lowest BCUT2D eigenvalue weighted by Gasteiger charge is -2.33. The van der Waals surface area contributed by atoms with Gasteiger partial charge in [0.2, 0.25) is 0 Å². The Bertz CT molecular complexity index is 1300. The predicted molar refractivity (Wildman–Crippen MR) is 144 cm³/mol. The van der Waals surface area contributed by atoms with E-state index in [1.165, 1.54) is 0 Å². The van der Waals surface area contributed by atoms with E-state index in [2.05, 4.69) is 131 Å². The van der Waals surface area contributed by atoms with Crippen LogP contribution >= 0.6 is 0 Å². The van der Waals surface area contributed by atoms with Crippen LogP contribution in [-0.4, -0.2) is 0 Å². The molecular weight excluding hydrogens is 414 g/mol. The van der Waals surface area contributed by atoms with Crippen molar-refractivity contribution < 1.29 is 0 Å². The summed E-state index contributed by atoms with van der Waals surface area (Å²) in [5.41, 5.74) is 13.6. The fourth-order valence-corrected chi connectivity index (χ4v) is 4.25. The molecule has 0 spiro atoms. The van der Waals surface area contributed by atoms with E-state index in [4.69, 9.17) is 5.73 Å². The number of rotatable bonds is 7. The van der Waals surface area contributed by atoms with Crippen molar-refractivity contribution in [1.29, 1.82) is 0 Å². The lowest BCUT2D eigenvalue weighted by Crippen LogP contribution is -2.17. The molecule has 3 heteroatoms. The van der Waals surface area contributed by atoms with Crippen LogP contribution in [0.5, 0.6) is 0 Å². The van der Waals surface area contributed by atoms with Crippen LogP contribution in [0.2, 0.25) is 0 Å². The molecule has 0 bridgehead atoms. The van der Waals surface area contributed by atoms with Gasteiger partial charge in [0.05, 0.1) is 11.4 Å². The molecule has 0 heterocycles. The van der Waals surface area contributed by atoms with E-state index in [9.17, 15) is 0 Å². The summed E-state index contributed by atoms with van der Waals surface area (Å²) < 4.78 is 0. The van der Waals surface area contributed by atoms with Crippen molar-refractivity contribution in [2.24, 2.45) is 5.73 Å². The first-order valence-corrected chi connectivity index (χ1v) is 11.5. The zero-order valence-electron chi connectivity index (χ0n) is 19.0. The Kier molecular flexibility index (Phi) is 6.37. The average molecular weight is 442 g/mol. The maximum Gasteiger partial charge on any atom is 0.0702 e. The van der Waals surface area contributed by atoms with Crippen molar-refractivity contribution in [1.82, 2.24) is 0 Å². The van der Waals surface area contributed by atoms with E-state index in [-0.39, 0.29) is 0 Å². The van der Waals surface area contributed by atoms with Gasteiger partial charge in [0.15, 0.2) is 0 Å². The van der Waals surface area contributed by atoms with Crippen molar-refractivity contribution >= 4 is 34.1 Å². The summed E-state index contributed by atoms with van der Waals surface area (Å²) >= 11 is 0. The normalized spacial score (nSPS) is 10.6. The molecule has 5 aromatic rings. The van der Waals surface area contributed by atoms with Gasteiger partial charge >= 0.3 is 0 Å². The topological polar surface area (TPSA) is 32.5 Å². The van der Waals surface area contributed by atoms with Crippen LogP contribution < -0.4 is 15.5 Å². The number of hydrogen-bond donors (Lipinski definition) is 1. The van der Waals surface area contributed by atoms with Crippen molar-refractivity contribution in [2.75, 3.05) is 9.80 Å². The summed E-state index contributed by atoms with van der Waals surface area (Å²) in [5.74, 6) is 0. The van der Waals surface area contributed by atoms with Crippen molar-refractivity contribution in [3.05, 3.63) is 145 Å². The molecule has 0 aromatic heterocycles. The molecule has 5 rings (SSSR count).